The zero-order chi connectivity index (χ0) is 22.9. The number of hydrogen-bond donors (Lipinski definition) is 2. The lowest BCUT2D eigenvalue weighted by atomic mass is 10.1. The van der Waals surface area contributed by atoms with Crippen molar-refractivity contribution < 1.29 is 23.5 Å². The Hall–Kier alpha value is -4.00. The Labute approximate surface area is 185 Å². The molecule has 2 amide bonds. The van der Waals surface area contributed by atoms with Crippen molar-refractivity contribution in [3.8, 4) is 5.75 Å². The van der Waals surface area contributed by atoms with Gasteiger partial charge >= 0.3 is 5.97 Å². The number of halogens is 1. The fourth-order valence-electron chi connectivity index (χ4n) is 3.02. The first-order valence-electron chi connectivity index (χ1n) is 10.1. The van der Waals surface area contributed by atoms with Crippen molar-refractivity contribution in [3.63, 3.8) is 0 Å². The number of anilines is 1. The largest absolute Gasteiger partial charge is 0.427 e. The molecule has 0 aliphatic heterocycles. The third kappa shape index (κ3) is 7.05. The first-order valence-corrected chi connectivity index (χ1v) is 10.1. The van der Waals surface area contributed by atoms with E-state index in [9.17, 15) is 18.8 Å². The normalized spacial score (nSPS) is 10.3. The molecule has 0 atom stereocenters. The molecule has 6 nitrogen and oxygen atoms in total. The topological polar surface area (TPSA) is 84.5 Å². The molecule has 0 bridgehead atoms. The predicted molar refractivity (Wildman–Crippen MR) is 119 cm³/mol. The Kier molecular flexibility index (Phi) is 7.70. The molecule has 3 rings (SSSR count). The Morgan fingerprint density at radius 1 is 0.906 bits per heavy atom. The van der Waals surface area contributed by atoms with E-state index in [1.165, 1.54) is 25.1 Å². The summed E-state index contributed by atoms with van der Waals surface area (Å²) in [5.41, 5.74) is 2.60. The number of aryl methyl sites for hydroxylation is 1. The monoisotopic (exact) mass is 434 g/mol. The number of rotatable bonds is 8. The Morgan fingerprint density at radius 2 is 1.66 bits per heavy atom. The van der Waals surface area contributed by atoms with E-state index in [2.05, 4.69) is 10.6 Å². The third-order valence-electron chi connectivity index (χ3n) is 4.59. The molecule has 0 fully saturated rings. The summed E-state index contributed by atoms with van der Waals surface area (Å²) in [4.78, 5) is 35.5. The van der Waals surface area contributed by atoms with E-state index in [0.717, 1.165) is 11.1 Å². The van der Waals surface area contributed by atoms with Crippen LogP contribution < -0.4 is 15.4 Å². The van der Waals surface area contributed by atoms with Crippen LogP contribution in [0.1, 0.15) is 34.8 Å². The van der Waals surface area contributed by atoms with Gasteiger partial charge in [0.25, 0.3) is 5.91 Å². The van der Waals surface area contributed by atoms with Crippen molar-refractivity contribution >= 4 is 23.5 Å². The van der Waals surface area contributed by atoms with Gasteiger partial charge in [-0.2, -0.15) is 0 Å². The predicted octanol–water partition coefficient (Wildman–Crippen LogP) is 4.25. The Balaban J connectivity index is 1.48. The average Bonchev–Trinajstić information content (AvgIpc) is 2.77. The van der Waals surface area contributed by atoms with Crippen LogP contribution in [0, 0.1) is 5.82 Å². The highest BCUT2D eigenvalue weighted by Gasteiger charge is 2.09. The minimum atomic E-state index is -0.459. The zero-order valence-corrected chi connectivity index (χ0v) is 17.6. The fourth-order valence-corrected chi connectivity index (χ4v) is 3.02. The number of amides is 2. The van der Waals surface area contributed by atoms with E-state index in [0.29, 0.717) is 30.0 Å². The Bertz CT molecular complexity index is 1110. The van der Waals surface area contributed by atoms with Crippen LogP contribution in [-0.4, -0.2) is 17.8 Å². The molecule has 0 heterocycles. The van der Waals surface area contributed by atoms with Crippen molar-refractivity contribution in [2.45, 2.75) is 26.3 Å². The molecule has 7 heteroatoms. The molecule has 0 spiro atoms. The summed E-state index contributed by atoms with van der Waals surface area (Å²) < 4.78 is 18.2. The van der Waals surface area contributed by atoms with Crippen molar-refractivity contribution in [2.75, 3.05) is 5.32 Å². The van der Waals surface area contributed by atoms with Crippen LogP contribution in [0.5, 0.6) is 5.75 Å². The molecule has 0 aromatic heterocycles. The van der Waals surface area contributed by atoms with Crippen molar-refractivity contribution in [1.82, 2.24) is 5.32 Å². The van der Waals surface area contributed by atoms with Crippen molar-refractivity contribution in [2.24, 2.45) is 0 Å². The lowest BCUT2D eigenvalue weighted by Gasteiger charge is -2.09. The highest BCUT2D eigenvalue weighted by atomic mass is 19.1. The van der Waals surface area contributed by atoms with Gasteiger partial charge in [-0.3, -0.25) is 14.4 Å². The zero-order valence-electron chi connectivity index (χ0n) is 17.6. The van der Waals surface area contributed by atoms with Gasteiger partial charge in [-0.05, 0) is 60.0 Å². The van der Waals surface area contributed by atoms with Gasteiger partial charge in [-0.1, -0.05) is 30.3 Å². The molecule has 0 saturated carbocycles. The van der Waals surface area contributed by atoms with Crippen LogP contribution in [0.3, 0.4) is 0 Å². The fraction of sp³-hybridized carbons (Fsp3) is 0.160. The second-order valence-electron chi connectivity index (χ2n) is 7.18. The molecule has 32 heavy (non-hydrogen) atoms. The van der Waals surface area contributed by atoms with Crippen LogP contribution in [0.25, 0.3) is 0 Å². The minimum Gasteiger partial charge on any atom is -0.427 e. The van der Waals surface area contributed by atoms with E-state index in [-0.39, 0.29) is 24.1 Å². The van der Waals surface area contributed by atoms with Crippen molar-refractivity contribution in [3.05, 3.63) is 95.3 Å². The number of carbonyl (C=O) groups is 3. The third-order valence-corrected chi connectivity index (χ3v) is 4.59. The maximum absolute atomic E-state index is 13.2. The molecule has 0 aliphatic carbocycles. The van der Waals surface area contributed by atoms with Crippen LogP contribution in [0.2, 0.25) is 0 Å². The number of esters is 1. The van der Waals surface area contributed by atoms with Gasteiger partial charge in [0.2, 0.25) is 5.91 Å². The van der Waals surface area contributed by atoms with Crippen LogP contribution in [0.4, 0.5) is 10.1 Å². The molecular formula is C25H23FN2O4. The summed E-state index contributed by atoms with van der Waals surface area (Å²) >= 11 is 0. The average molecular weight is 434 g/mol. The number of hydrogen-bond acceptors (Lipinski definition) is 4. The molecule has 3 aromatic rings. The number of carbonyl (C=O) groups excluding carboxylic acids is 3. The quantitative estimate of drug-likeness (QED) is 0.410. The van der Waals surface area contributed by atoms with Gasteiger partial charge in [0.15, 0.2) is 0 Å². The smallest absolute Gasteiger partial charge is 0.308 e. The molecule has 0 saturated heterocycles. The number of ether oxygens (including phenoxy) is 1. The molecule has 2 N–H and O–H groups in total. The number of benzene rings is 3. The molecule has 0 aliphatic rings. The molecule has 3 aromatic carbocycles. The van der Waals surface area contributed by atoms with Crippen LogP contribution in [0.15, 0.2) is 72.8 Å². The van der Waals surface area contributed by atoms with Gasteiger partial charge in [0.1, 0.15) is 11.6 Å². The highest BCUT2D eigenvalue weighted by Crippen LogP contribution is 2.16. The lowest BCUT2D eigenvalue weighted by molar-refractivity contribution is -0.131. The Morgan fingerprint density at radius 3 is 2.38 bits per heavy atom. The summed E-state index contributed by atoms with van der Waals surface area (Å²) in [6.07, 6.45) is 0.733. The van der Waals surface area contributed by atoms with Gasteiger partial charge in [0.05, 0.1) is 0 Å². The summed E-state index contributed by atoms with van der Waals surface area (Å²) in [5.74, 6) is -0.934. The summed E-state index contributed by atoms with van der Waals surface area (Å²) in [6.45, 7) is 1.64. The molecule has 164 valence electrons. The van der Waals surface area contributed by atoms with E-state index < -0.39 is 5.97 Å². The first-order chi connectivity index (χ1) is 15.4. The summed E-state index contributed by atoms with van der Waals surface area (Å²) in [7, 11) is 0. The van der Waals surface area contributed by atoms with E-state index in [1.807, 2.05) is 0 Å². The molecule has 0 unspecified atom stereocenters. The van der Waals surface area contributed by atoms with Gasteiger partial charge in [-0.25, -0.2) is 4.39 Å². The summed E-state index contributed by atoms with van der Waals surface area (Å²) in [5, 5.41) is 5.61. The van der Waals surface area contributed by atoms with Crippen molar-refractivity contribution in [1.29, 1.82) is 0 Å². The van der Waals surface area contributed by atoms with E-state index >= 15 is 0 Å². The second-order valence-corrected chi connectivity index (χ2v) is 7.18. The molecular weight excluding hydrogens is 411 g/mol. The lowest BCUT2D eigenvalue weighted by Crippen LogP contribution is -2.23. The summed E-state index contributed by atoms with van der Waals surface area (Å²) in [6, 6.07) is 19.6. The molecule has 0 radical (unpaired) electrons. The maximum atomic E-state index is 13.2. The second kappa shape index (κ2) is 10.9. The van der Waals surface area contributed by atoms with E-state index in [4.69, 9.17) is 4.74 Å². The van der Waals surface area contributed by atoms with Gasteiger partial charge in [-0.15, -0.1) is 0 Å². The van der Waals surface area contributed by atoms with E-state index in [1.54, 1.807) is 54.6 Å². The van der Waals surface area contributed by atoms with Gasteiger partial charge in [0, 0.05) is 31.1 Å². The standard InChI is InChI=1S/C25H23FN2O4/c1-17(29)32-23-7-3-5-20(15-23)25(31)28-22-11-8-19(9-12-22)16-27-24(30)13-10-18-4-2-6-21(26)14-18/h2-9,11-12,14-15H,10,13,16H2,1H3,(H,27,30)(H,28,31). The first kappa shape index (κ1) is 22.7. The number of nitrogens with one attached hydrogen (secondary N) is 2. The minimum absolute atomic E-state index is 0.126. The van der Waals surface area contributed by atoms with Crippen LogP contribution in [-0.2, 0) is 22.6 Å². The van der Waals surface area contributed by atoms with Gasteiger partial charge < -0.3 is 15.4 Å². The SMILES string of the molecule is CC(=O)Oc1cccc(C(=O)Nc2ccc(CNC(=O)CCc3cccc(F)c3)cc2)c1. The maximum Gasteiger partial charge on any atom is 0.308 e. The van der Waals surface area contributed by atoms with Crippen LogP contribution >= 0.6 is 0 Å². The highest BCUT2D eigenvalue weighted by molar-refractivity contribution is 6.04.